The van der Waals surface area contributed by atoms with Gasteiger partial charge in [0.25, 0.3) is 11.5 Å². The number of hydrogen-bond acceptors (Lipinski definition) is 6. The standard InChI is InChI=1S/C26H25F4N3O4.C2H4O2.C2H6/c1-26(2,3)18-7-5-4-6-16(18)13-33-25(36)15(8-9-32-33)10-21(35)31-12-17(34)14-37-24-22(29)19(27)11-20(28)23(24)30;1-2(3)4;1-2/h4-9,11H,10,12-14H2,1-3H3,(H,31,35);1H3,(H,3,4);1-2H3. The minimum Gasteiger partial charge on any atom is -0.481 e. The predicted octanol–water partition coefficient (Wildman–Crippen LogP) is 4.57. The number of carbonyl (C=O) groups excluding carboxylic acids is 2. The van der Waals surface area contributed by atoms with E-state index in [1.54, 1.807) is 0 Å². The third kappa shape index (κ3) is 11.3. The number of Topliss-reactive ketones (excluding diaryl/α,β-unsaturated/α-hetero) is 1. The van der Waals surface area contributed by atoms with E-state index in [4.69, 9.17) is 9.90 Å². The van der Waals surface area contributed by atoms with Crippen LogP contribution in [0.2, 0.25) is 0 Å². The van der Waals surface area contributed by atoms with Gasteiger partial charge < -0.3 is 15.2 Å². The van der Waals surface area contributed by atoms with Gasteiger partial charge in [0.15, 0.2) is 23.2 Å². The average Bonchev–Trinajstić information content (AvgIpc) is 2.93. The van der Waals surface area contributed by atoms with Crippen molar-refractivity contribution < 1.29 is 41.8 Å². The largest absolute Gasteiger partial charge is 0.481 e. The molecule has 0 radical (unpaired) electrons. The van der Waals surface area contributed by atoms with E-state index in [1.807, 2.05) is 38.1 Å². The summed E-state index contributed by atoms with van der Waals surface area (Å²) in [6.45, 7) is 9.89. The number of carboxylic acids is 1. The summed E-state index contributed by atoms with van der Waals surface area (Å²) in [5, 5.41) is 13.8. The summed E-state index contributed by atoms with van der Waals surface area (Å²) < 4.78 is 59.5. The van der Waals surface area contributed by atoms with Crippen molar-refractivity contribution in [2.45, 2.75) is 59.9 Å². The highest BCUT2D eigenvalue weighted by Gasteiger charge is 2.22. The summed E-state index contributed by atoms with van der Waals surface area (Å²) >= 11 is 0. The average molecular weight is 610 g/mol. The van der Waals surface area contributed by atoms with Crippen molar-refractivity contribution in [3.63, 3.8) is 0 Å². The Balaban J connectivity index is 0.00000142. The first kappa shape index (κ1) is 36.5. The van der Waals surface area contributed by atoms with E-state index in [9.17, 15) is 31.9 Å². The van der Waals surface area contributed by atoms with Crippen LogP contribution in [0.3, 0.4) is 0 Å². The van der Waals surface area contributed by atoms with E-state index >= 15 is 0 Å². The van der Waals surface area contributed by atoms with Gasteiger partial charge in [-0.05, 0) is 22.6 Å². The molecule has 0 spiro atoms. The van der Waals surface area contributed by atoms with Crippen LogP contribution in [-0.4, -0.2) is 45.7 Å². The quantitative estimate of drug-likeness (QED) is 0.269. The van der Waals surface area contributed by atoms with Crippen molar-refractivity contribution >= 4 is 17.7 Å². The van der Waals surface area contributed by atoms with E-state index < -0.39 is 65.4 Å². The van der Waals surface area contributed by atoms with Gasteiger partial charge in [0, 0.05) is 24.8 Å². The molecule has 0 aliphatic heterocycles. The second-order valence-corrected chi connectivity index (χ2v) is 9.82. The molecule has 234 valence electrons. The monoisotopic (exact) mass is 609 g/mol. The van der Waals surface area contributed by atoms with Crippen molar-refractivity contribution in [2.24, 2.45) is 0 Å². The van der Waals surface area contributed by atoms with Crippen LogP contribution >= 0.6 is 0 Å². The van der Waals surface area contributed by atoms with Gasteiger partial charge in [-0.2, -0.15) is 13.9 Å². The summed E-state index contributed by atoms with van der Waals surface area (Å²) in [7, 11) is 0. The van der Waals surface area contributed by atoms with Crippen LogP contribution in [0.4, 0.5) is 17.6 Å². The number of amides is 1. The van der Waals surface area contributed by atoms with Crippen LogP contribution in [0.25, 0.3) is 0 Å². The number of halogens is 4. The molecule has 9 nitrogen and oxygen atoms in total. The molecule has 0 aliphatic carbocycles. The molecule has 3 aromatic rings. The summed E-state index contributed by atoms with van der Waals surface area (Å²) in [5.74, 6) is -10.6. The number of benzene rings is 2. The second kappa shape index (κ2) is 16.8. The molecule has 0 saturated heterocycles. The Morgan fingerprint density at radius 1 is 0.977 bits per heavy atom. The van der Waals surface area contributed by atoms with Crippen molar-refractivity contribution in [3.05, 3.63) is 92.9 Å². The van der Waals surface area contributed by atoms with Crippen LogP contribution in [-0.2, 0) is 32.8 Å². The van der Waals surface area contributed by atoms with Crippen LogP contribution in [0.1, 0.15) is 58.2 Å². The Morgan fingerprint density at radius 3 is 2.09 bits per heavy atom. The molecule has 2 aromatic carbocycles. The van der Waals surface area contributed by atoms with Crippen LogP contribution in [0.5, 0.6) is 5.75 Å². The Hall–Kier alpha value is -4.55. The Bertz CT molecular complexity index is 1460. The van der Waals surface area contributed by atoms with Crippen molar-refractivity contribution in [1.29, 1.82) is 0 Å². The molecule has 0 bridgehead atoms. The Labute approximate surface area is 246 Å². The van der Waals surface area contributed by atoms with Crippen LogP contribution in [0.15, 0.2) is 47.4 Å². The highest BCUT2D eigenvalue weighted by Crippen LogP contribution is 2.27. The fourth-order valence-electron chi connectivity index (χ4n) is 3.61. The first-order valence-corrected chi connectivity index (χ1v) is 13.2. The van der Waals surface area contributed by atoms with Gasteiger partial charge in [0.1, 0.15) is 6.61 Å². The van der Waals surface area contributed by atoms with Gasteiger partial charge in [0.2, 0.25) is 17.5 Å². The molecule has 0 fully saturated rings. The zero-order chi connectivity index (χ0) is 32.9. The highest BCUT2D eigenvalue weighted by molar-refractivity contribution is 5.87. The molecular weight excluding hydrogens is 574 g/mol. The third-order valence-electron chi connectivity index (χ3n) is 5.42. The topological polar surface area (TPSA) is 128 Å². The molecule has 43 heavy (non-hydrogen) atoms. The van der Waals surface area contributed by atoms with Gasteiger partial charge in [-0.25, -0.2) is 13.5 Å². The lowest BCUT2D eigenvalue weighted by molar-refractivity contribution is -0.134. The summed E-state index contributed by atoms with van der Waals surface area (Å²) in [6, 6.07) is 9.06. The van der Waals surface area contributed by atoms with E-state index in [0.29, 0.717) is 0 Å². The third-order valence-corrected chi connectivity index (χ3v) is 5.42. The zero-order valence-corrected chi connectivity index (χ0v) is 24.8. The molecule has 0 aliphatic rings. The molecule has 2 N–H and O–H groups in total. The zero-order valence-electron chi connectivity index (χ0n) is 24.8. The number of rotatable bonds is 9. The minimum absolute atomic E-state index is 0.00992. The number of carbonyl (C=O) groups is 3. The fourth-order valence-corrected chi connectivity index (χ4v) is 3.61. The highest BCUT2D eigenvalue weighted by atomic mass is 19.2. The number of ether oxygens (including phenoxy) is 1. The maximum Gasteiger partial charge on any atom is 0.300 e. The molecule has 0 atom stereocenters. The molecule has 1 amide bonds. The van der Waals surface area contributed by atoms with E-state index in [0.717, 1.165) is 18.1 Å². The maximum absolute atomic E-state index is 13.6. The number of hydrogen-bond donors (Lipinski definition) is 2. The fraction of sp³-hybridized carbons (Fsp3) is 0.367. The molecule has 0 saturated carbocycles. The Kier molecular flexibility index (Phi) is 14.2. The van der Waals surface area contributed by atoms with Gasteiger partial charge in [-0.1, -0.05) is 58.9 Å². The predicted molar refractivity (Wildman–Crippen MR) is 151 cm³/mol. The number of nitrogens with one attached hydrogen (secondary N) is 1. The lowest BCUT2D eigenvalue weighted by atomic mass is 9.84. The number of aliphatic carboxylic acids is 1. The lowest BCUT2D eigenvalue weighted by Gasteiger charge is -2.23. The molecule has 1 heterocycles. The first-order valence-electron chi connectivity index (χ1n) is 13.2. The molecular formula is C30H35F4N3O6. The van der Waals surface area contributed by atoms with Crippen LogP contribution < -0.4 is 15.6 Å². The van der Waals surface area contributed by atoms with E-state index in [2.05, 4.69) is 35.9 Å². The number of aromatic nitrogens is 2. The summed E-state index contributed by atoms with van der Waals surface area (Å²) in [5.41, 5.74) is 1.46. The molecule has 1 aromatic heterocycles. The van der Waals surface area contributed by atoms with Crippen LogP contribution in [0, 0.1) is 23.3 Å². The molecule has 0 unspecified atom stereocenters. The molecule has 13 heteroatoms. The lowest BCUT2D eigenvalue weighted by Crippen LogP contribution is -2.35. The van der Waals surface area contributed by atoms with Gasteiger partial charge in [-0.15, -0.1) is 0 Å². The summed E-state index contributed by atoms with van der Waals surface area (Å²) in [6.07, 6.45) is 1.04. The minimum atomic E-state index is -1.78. The Morgan fingerprint density at radius 2 is 1.53 bits per heavy atom. The summed E-state index contributed by atoms with van der Waals surface area (Å²) in [4.78, 5) is 46.1. The van der Waals surface area contributed by atoms with Crippen molar-refractivity contribution in [3.8, 4) is 5.75 Å². The maximum atomic E-state index is 13.6. The van der Waals surface area contributed by atoms with Gasteiger partial charge >= 0.3 is 0 Å². The van der Waals surface area contributed by atoms with Crippen molar-refractivity contribution in [2.75, 3.05) is 13.2 Å². The SMILES string of the molecule is CC.CC(=O)O.CC(C)(C)c1ccccc1Cn1nccc(CC(=O)NCC(=O)COc2c(F)c(F)cc(F)c2F)c1=O. The second-order valence-electron chi connectivity index (χ2n) is 9.82. The van der Waals surface area contributed by atoms with Gasteiger partial charge in [0.05, 0.1) is 19.5 Å². The van der Waals surface area contributed by atoms with E-state index in [-0.39, 0.29) is 30.0 Å². The van der Waals surface area contributed by atoms with Crippen molar-refractivity contribution in [1.82, 2.24) is 15.1 Å². The van der Waals surface area contributed by atoms with Gasteiger partial charge in [-0.3, -0.25) is 19.2 Å². The first-order chi connectivity index (χ1) is 20.1. The molecule has 3 rings (SSSR count). The van der Waals surface area contributed by atoms with E-state index in [1.165, 1.54) is 16.9 Å². The number of carboxylic acid groups (broad SMARTS) is 1. The normalized spacial score (nSPS) is 10.5. The smallest absolute Gasteiger partial charge is 0.300 e. The number of nitrogens with zero attached hydrogens (tertiary/aromatic N) is 2. The number of ketones is 1.